The molecule has 0 saturated carbocycles. The van der Waals surface area contributed by atoms with E-state index in [1.165, 1.54) is 0 Å². The van der Waals surface area contributed by atoms with E-state index in [0.29, 0.717) is 25.6 Å². The molecule has 6 nitrogen and oxygen atoms in total. The van der Waals surface area contributed by atoms with Gasteiger partial charge in [0.1, 0.15) is 5.76 Å². The number of aliphatic hydroxyl groups is 1. The zero-order valence-electron chi connectivity index (χ0n) is 11.5. The van der Waals surface area contributed by atoms with Crippen molar-refractivity contribution in [3.63, 3.8) is 0 Å². The molecule has 1 aliphatic heterocycles. The molecule has 2 rings (SSSR count). The van der Waals surface area contributed by atoms with Crippen LogP contribution in [0.25, 0.3) is 0 Å². The van der Waals surface area contributed by atoms with Crippen LogP contribution in [0.5, 0.6) is 0 Å². The lowest BCUT2D eigenvalue weighted by atomic mass is 9.98. The molecule has 2 heterocycles. The Labute approximate surface area is 112 Å². The highest BCUT2D eigenvalue weighted by Crippen LogP contribution is 2.17. The van der Waals surface area contributed by atoms with Crippen LogP contribution < -0.4 is 5.32 Å². The van der Waals surface area contributed by atoms with Gasteiger partial charge in [0, 0.05) is 31.8 Å². The second-order valence-corrected chi connectivity index (χ2v) is 5.07. The van der Waals surface area contributed by atoms with Crippen molar-refractivity contribution < 1.29 is 14.4 Å². The summed E-state index contributed by atoms with van der Waals surface area (Å²) in [5.41, 5.74) is 1.76. The average molecular weight is 267 g/mol. The molecule has 19 heavy (non-hydrogen) atoms. The molecule has 1 aliphatic rings. The third-order valence-corrected chi connectivity index (χ3v) is 3.76. The smallest absolute Gasteiger partial charge is 0.317 e. The van der Waals surface area contributed by atoms with Gasteiger partial charge in [-0.2, -0.15) is 0 Å². The lowest BCUT2D eigenvalue weighted by Gasteiger charge is -2.31. The van der Waals surface area contributed by atoms with E-state index in [1.54, 1.807) is 4.90 Å². The van der Waals surface area contributed by atoms with Crippen LogP contribution >= 0.6 is 0 Å². The Morgan fingerprint density at radius 1 is 1.47 bits per heavy atom. The van der Waals surface area contributed by atoms with Gasteiger partial charge in [-0.1, -0.05) is 5.16 Å². The normalized spacial score (nSPS) is 16.7. The number of nitrogens with one attached hydrogen (secondary N) is 1. The van der Waals surface area contributed by atoms with Crippen molar-refractivity contribution in [1.82, 2.24) is 15.4 Å². The highest BCUT2D eigenvalue weighted by molar-refractivity contribution is 5.74. The third kappa shape index (κ3) is 3.26. The van der Waals surface area contributed by atoms with Crippen LogP contribution in [-0.4, -0.2) is 40.9 Å². The SMILES string of the molecule is Cc1noc(C)c1CNC(=O)N1CCC(CO)CC1. The van der Waals surface area contributed by atoms with E-state index >= 15 is 0 Å². The minimum Gasteiger partial charge on any atom is -0.396 e. The number of aryl methyl sites for hydroxylation is 2. The minimum absolute atomic E-state index is 0.0589. The van der Waals surface area contributed by atoms with Crippen LogP contribution in [0, 0.1) is 19.8 Å². The van der Waals surface area contributed by atoms with Crippen LogP contribution in [0.2, 0.25) is 0 Å². The first-order valence-corrected chi connectivity index (χ1v) is 6.67. The number of aromatic nitrogens is 1. The van der Waals surface area contributed by atoms with Gasteiger partial charge in [0.05, 0.1) is 5.69 Å². The van der Waals surface area contributed by atoms with Crippen LogP contribution in [0.4, 0.5) is 4.79 Å². The number of hydrogen-bond donors (Lipinski definition) is 2. The zero-order chi connectivity index (χ0) is 13.8. The van der Waals surface area contributed by atoms with E-state index in [9.17, 15) is 4.79 Å². The number of amides is 2. The Hall–Kier alpha value is -1.56. The van der Waals surface area contributed by atoms with Gasteiger partial charge in [0.25, 0.3) is 0 Å². The maximum Gasteiger partial charge on any atom is 0.317 e. The van der Waals surface area contributed by atoms with Crippen LogP contribution in [0.1, 0.15) is 29.9 Å². The highest BCUT2D eigenvalue weighted by Gasteiger charge is 2.22. The second kappa shape index (κ2) is 6.06. The molecular formula is C13H21N3O3. The molecule has 1 saturated heterocycles. The Morgan fingerprint density at radius 3 is 2.68 bits per heavy atom. The lowest BCUT2D eigenvalue weighted by molar-refractivity contribution is 0.137. The number of likely N-dealkylation sites (tertiary alicyclic amines) is 1. The monoisotopic (exact) mass is 267 g/mol. The molecular weight excluding hydrogens is 246 g/mol. The lowest BCUT2D eigenvalue weighted by Crippen LogP contribution is -2.44. The Bertz CT molecular complexity index is 417. The maximum absolute atomic E-state index is 12.0. The Balaban J connectivity index is 1.82. The molecule has 1 fully saturated rings. The number of nitrogens with zero attached hydrogens (tertiary/aromatic N) is 2. The third-order valence-electron chi connectivity index (χ3n) is 3.76. The largest absolute Gasteiger partial charge is 0.396 e. The van der Waals surface area contributed by atoms with Gasteiger partial charge < -0.3 is 19.8 Å². The number of carbonyl (C=O) groups excluding carboxylic acids is 1. The molecule has 2 amide bonds. The summed E-state index contributed by atoms with van der Waals surface area (Å²) in [5, 5.41) is 15.8. The highest BCUT2D eigenvalue weighted by atomic mass is 16.5. The van der Waals surface area contributed by atoms with Gasteiger partial charge in [-0.3, -0.25) is 0 Å². The molecule has 0 aliphatic carbocycles. The Kier molecular flexibility index (Phi) is 4.42. The fraction of sp³-hybridized carbons (Fsp3) is 0.692. The van der Waals surface area contributed by atoms with Crippen LogP contribution in [0.15, 0.2) is 4.52 Å². The summed E-state index contributed by atoms with van der Waals surface area (Å²) in [7, 11) is 0. The van der Waals surface area contributed by atoms with E-state index in [2.05, 4.69) is 10.5 Å². The van der Waals surface area contributed by atoms with Crippen molar-refractivity contribution in [3.8, 4) is 0 Å². The van der Waals surface area contributed by atoms with E-state index in [4.69, 9.17) is 9.63 Å². The molecule has 0 atom stereocenters. The molecule has 1 aromatic heterocycles. The number of hydrogen-bond acceptors (Lipinski definition) is 4. The predicted molar refractivity (Wildman–Crippen MR) is 69.6 cm³/mol. The molecule has 0 unspecified atom stereocenters. The summed E-state index contributed by atoms with van der Waals surface area (Å²) >= 11 is 0. The predicted octanol–water partition coefficient (Wildman–Crippen LogP) is 1.21. The first-order valence-electron chi connectivity index (χ1n) is 6.67. The van der Waals surface area contributed by atoms with E-state index in [0.717, 1.165) is 29.9 Å². The topological polar surface area (TPSA) is 78.6 Å². The van der Waals surface area contributed by atoms with Crippen molar-refractivity contribution in [2.75, 3.05) is 19.7 Å². The van der Waals surface area contributed by atoms with E-state index in [-0.39, 0.29) is 12.6 Å². The molecule has 0 radical (unpaired) electrons. The Morgan fingerprint density at radius 2 is 2.16 bits per heavy atom. The standard InChI is InChI=1S/C13H21N3O3/c1-9-12(10(2)19-15-9)7-14-13(18)16-5-3-11(8-17)4-6-16/h11,17H,3-8H2,1-2H3,(H,14,18). The summed E-state index contributed by atoms with van der Waals surface area (Å²) in [6.45, 7) is 5.78. The van der Waals surface area contributed by atoms with E-state index in [1.807, 2.05) is 13.8 Å². The number of carbonyl (C=O) groups is 1. The number of aliphatic hydroxyl groups excluding tert-OH is 1. The van der Waals surface area contributed by atoms with Crippen molar-refractivity contribution in [2.45, 2.75) is 33.2 Å². The van der Waals surface area contributed by atoms with Gasteiger partial charge in [-0.25, -0.2) is 4.79 Å². The van der Waals surface area contributed by atoms with Crippen LogP contribution in [-0.2, 0) is 6.54 Å². The maximum atomic E-state index is 12.0. The van der Waals surface area contributed by atoms with E-state index < -0.39 is 0 Å². The summed E-state index contributed by atoms with van der Waals surface area (Å²) < 4.78 is 5.06. The quantitative estimate of drug-likeness (QED) is 0.862. The van der Waals surface area contributed by atoms with Gasteiger partial charge in [-0.05, 0) is 32.6 Å². The van der Waals surface area contributed by atoms with Gasteiger partial charge in [-0.15, -0.1) is 0 Å². The number of piperidine rings is 1. The van der Waals surface area contributed by atoms with Gasteiger partial charge in [0.2, 0.25) is 0 Å². The molecule has 0 aromatic carbocycles. The molecule has 106 valence electrons. The van der Waals surface area contributed by atoms with Gasteiger partial charge >= 0.3 is 6.03 Å². The number of rotatable bonds is 3. The summed E-state index contributed by atoms with van der Waals surface area (Å²) in [5.74, 6) is 1.09. The molecule has 0 bridgehead atoms. The van der Waals surface area contributed by atoms with Gasteiger partial charge in [0.15, 0.2) is 0 Å². The first kappa shape index (κ1) is 13.9. The van der Waals surface area contributed by atoms with Crippen molar-refractivity contribution in [1.29, 1.82) is 0 Å². The molecule has 1 aromatic rings. The summed E-state index contributed by atoms with van der Waals surface area (Å²) in [4.78, 5) is 13.8. The van der Waals surface area contributed by atoms with Crippen molar-refractivity contribution in [3.05, 3.63) is 17.0 Å². The molecule has 6 heteroatoms. The summed E-state index contributed by atoms with van der Waals surface area (Å²) in [6.07, 6.45) is 1.74. The summed E-state index contributed by atoms with van der Waals surface area (Å²) in [6, 6.07) is -0.0589. The van der Waals surface area contributed by atoms with Crippen molar-refractivity contribution >= 4 is 6.03 Å². The first-order chi connectivity index (χ1) is 9.11. The molecule has 0 spiro atoms. The molecule has 2 N–H and O–H groups in total. The number of urea groups is 1. The zero-order valence-corrected chi connectivity index (χ0v) is 11.5. The average Bonchev–Trinajstić information content (AvgIpc) is 2.75. The van der Waals surface area contributed by atoms with Crippen molar-refractivity contribution in [2.24, 2.45) is 5.92 Å². The van der Waals surface area contributed by atoms with Crippen LogP contribution in [0.3, 0.4) is 0 Å². The fourth-order valence-electron chi connectivity index (χ4n) is 2.35. The minimum atomic E-state index is -0.0589. The fourth-order valence-corrected chi connectivity index (χ4v) is 2.35. The second-order valence-electron chi connectivity index (χ2n) is 5.07.